The second-order valence-electron chi connectivity index (χ2n) is 25.0. The minimum atomic E-state index is -0.540. The van der Waals surface area contributed by atoms with E-state index in [9.17, 15) is 29.2 Å². The molecular weight excluding hydrogens is 1510 g/mol. The summed E-state index contributed by atoms with van der Waals surface area (Å²) in [5.74, 6) is -1.78. The van der Waals surface area contributed by atoms with E-state index in [4.69, 9.17) is 56.3 Å². The number of rotatable bonds is 18. The fourth-order valence-electron chi connectivity index (χ4n) is 12.1. The van der Waals surface area contributed by atoms with Crippen molar-refractivity contribution in [1.29, 1.82) is 5.26 Å². The number of H-pyrrole nitrogens is 3. The van der Waals surface area contributed by atoms with E-state index in [-0.39, 0.29) is 148 Å². The van der Waals surface area contributed by atoms with Crippen molar-refractivity contribution in [2.45, 2.75) is 59.7 Å². The van der Waals surface area contributed by atoms with Gasteiger partial charge in [-0.05, 0) is 200 Å². The largest absolute Gasteiger partial charge is 1.00 e. The number of aryl methyl sites for hydroxylation is 3. The summed E-state index contributed by atoms with van der Waals surface area (Å²) in [6.45, 7) is 6.49. The molecular formula is C79H63Cl3K2N18O8. The molecule has 26 nitrogen and oxygen atoms in total. The fourth-order valence-corrected chi connectivity index (χ4v) is 12.6. The SMILES string of the molecule is Cc1cnc2c(C#N)cc(Cc3cc(C(=O)NCc4[nH]nc5ccc(Cl)cc45)ccn3)cc2c1.Cc1cnc2c(C(N)=O)cc(Cc3cc(C(=O)NCc4[nH]nc5ccc(Cl)cc45)ccn3)cc2c1.Cc1cnc2c(C(N)=O)cc(Cc3cc(C(=O)NCc4[nH]nc5ccc(Cl)cc45)ccn3)cc2c1.O=CO[O-].[H-].[K+].[K+]. The topological polar surface area (TPSA) is 410 Å². The third kappa shape index (κ3) is 20.6. The van der Waals surface area contributed by atoms with Crippen LogP contribution in [0, 0.1) is 32.1 Å². The molecule has 0 atom stereocenters. The number of carbonyl (C=O) groups is 6. The Morgan fingerprint density at radius 2 is 0.791 bits per heavy atom. The van der Waals surface area contributed by atoms with Crippen molar-refractivity contribution >= 4 is 136 Å². The van der Waals surface area contributed by atoms with E-state index < -0.39 is 11.8 Å². The predicted octanol–water partition coefficient (Wildman–Crippen LogP) is 5.59. The molecule has 9 heterocycles. The standard InChI is InChI=1S/2C26H21ClN6O2.C26H19ClN6O.CH2O3.2K.H/c2*1-14-6-17-7-15(9-21(25(28)34)24(17)30-12-14)8-19-10-16(4-5-29-19)26(35)31-13-23-20-11-18(27)2-3-22(20)32-33-23;1-15-6-18-7-16(8-19(12-28)25(18)30-13-15)9-21-10-17(4-5-29-21)26(34)31-14-24-22-11-20(27)2-3-23(22)32-33-24;2-1-4-3;;;/h2*2-7,9-12H,8,13H2,1H3,(H2,28,34)(H,31,35)(H,32,33);2-8,10-11,13H,9,14H2,1H3,(H,31,34)(H,32,33);1,3H;;;/q;;;;2*+1;-1/p-1. The maximum Gasteiger partial charge on any atom is 1.00 e. The number of amides is 5. The van der Waals surface area contributed by atoms with Gasteiger partial charge in [-0.2, -0.15) is 20.6 Å². The smallest absolute Gasteiger partial charge is 1.00 e. The van der Waals surface area contributed by atoms with Gasteiger partial charge in [0, 0.05) is 138 Å². The summed E-state index contributed by atoms with van der Waals surface area (Å²) in [6, 6.07) is 45.8. The third-order valence-electron chi connectivity index (χ3n) is 17.1. The molecule has 540 valence electrons. The molecule has 0 saturated heterocycles. The Morgan fingerprint density at radius 1 is 0.473 bits per heavy atom. The molecule has 0 fully saturated rings. The van der Waals surface area contributed by atoms with E-state index in [0.29, 0.717) is 95.6 Å². The summed E-state index contributed by atoms with van der Waals surface area (Å²) in [5.41, 5.74) is 28.1. The van der Waals surface area contributed by atoms with Gasteiger partial charge in [-0.15, -0.1) is 0 Å². The van der Waals surface area contributed by atoms with Crippen molar-refractivity contribution in [1.82, 2.24) is 76.4 Å². The number of halogens is 3. The Morgan fingerprint density at radius 3 is 1.11 bits per heavy atom. The van der Waals surface area contributed by atoms with Crippen molar-refractivity contribution in [3.05, 3.63) is 299 Å². The maximum absolute atomic E-state index is 12.8. The summed E-state index contributed by atoms with van der Waals surface area (Å²) < 4.78 is 0. The van der Waals surface area contributed by atoms with Gasteiger partial charge in [-0.25, -0.2) is 0 Å². The summed E-state index contributed by atoms with van der Waals surface area (Å²) >= 11 is 18.3. The summed E-state index contributed by atoms with van der Waals surface area (Å²) in [7, 11) is 0. The van der Waals surface area contributed by atoms with Gasteiger partial charge in [0.2, 0.25) is 0 Å². The number of nitrogens with one attached hydrogen (secondary N) is 6. The van der Waals surface area contributed by atoms with Gasteiger partial charge in [-0.1, -0.05) is 34.8 Å². The number of nitrogens with zero attached hydrogens (tertiary/aromatic N) is 10. The number of aromatic amines is 3. The van der Waals surface area contributed by atoms with Crippen LogP contribution >= 0.6 is 34.8 Å². The molecule has 6 aromatic carbocycles. The molecule has 9 aromatic heterocycles. The minimum absolute atomic E-state index is 0. The van der Waals surface area contributed by atoms with Gasteiger partial charge < -0.3 is 39.0 Å². The first-order valence-corrected chi connectivity index (χ1v) is 34.3. The zero-order chi connectivity index (χ0) is 76.1. The van der Waals surface area contributed by atoms with Crippen LogP contribution in [0.4, 0.5) is 0 Å². The molecule has 10 N–H and O–H groups in total. The number of carbonyl (C=O) groups excluding carboxylic acids is 6. The first kappa shape index (κ1) is 82.3. The number of hydrogen-bond acceptors (Lipinski definition) is 18. The average Bonchev–Trinajstić information content (AvgIpc) is 1.80. The molecule has 0 spiro atoms. The van der Waals surface area contributed by atoms with Crippen LogP contribution in [0.1, 0.15) is 126 Å². The second kappa shape index (κ2) is 38.0. The molecule has 5 amide bonds. The van der Waals surface area contributed by atoms with Crippen LogP contribution in [0.5, 0.6) is 0 Å². The van der Waals surface area contributed by atoms with Crippen LogP contribution < -0.4 is 135 Å². The van der Waals surface area contributed by atoms with Gasteiger partial charge >= 0.3 is 103 Å². The van der Waals surface area contributed by atoms with E-state index in [1.165, 1.54) is 0 Å². The van der Waals surface area contributed by atoms with Gasteiger partial charge in [0.1, 0.15) is 6.07 Å². The van der Waals surface area contributed by atoms with Crippen molar-refractivity contribution in [3.63, 3.8) is 0 Å². The fraction of sp³-hybridized carbons (Fsp3) is 0.114. The van der Waals surface area contributed by atoms with Crippen molar-refractivity contribution < 1.29 is 143 Å². The first-order chi connectivity index (χ1) is 52.1. The molecule has 0 radical (unpaired) electrons. The Labute approximate surface area is 728 Å². The number of pyridine rings is 6. The third-order valence-corrected chi connectivity index (χ3v) is 17.8. The van der Waals surface area contributed by atoms with Crippen LogP contribution in [-0.2, 0) is 48.6 Å². The molecule has 0 aliphatic rings. The Hall–Kier alpha value is -10.2. The molecule has 15 aromatic rings. The van der Waals surface area contributed by atoms with E-state index >= 15 is 0 Å². The molecule has 0 unspecified atom stereocenters. The predicted molar refractivity (Wildman–Crippen MR) is 407 cm³/mol. The number of hydrogen-bond donors (Lipinski definition) is 8. The van der Waals surface area contributed by atoms with Crippen LogP contribution in [0.2, 0.25) is 15.1 Å². The summed E-state index contributed by atoms with van der Waals surface area (Å²) in [6.07, 6.45) is 11.3. The van der Waals surface area contributed by atoms with E-state index in [0.717, 1.165) is 105 Å². The van der Waals surface area contributed by atoms with Crippen molar-refractivity contribution in [2.75, 3.05) is 0 Å². The van der Waals surface area contributed by atoms with Gasteiger partial charge in [0.15, 0.2) is 0 Å². The van der Waals surface area contributed by atoms with Gasteiger partial charge in [0.25, 0.3) is 36.0 Å². The molecule has 0 aliphatic heterocycles. The monoisotopic (exact) mass is 1570 g/mol. The molecule has 110 heavy (non-hydrogen) atoms. The zero-order valence-electron chi connectivity index (χ0n) is 60.7. The van der Waals surface area contributed by atoms with E-state index in [2.05, 4.69) is 87.4 Å². The first-order valence-electron chi connectivity index (χ1n) is 33.1. The second-order valence-corrected chi connectivity index (χ2v) is 26.3. The number of primary amides is 2. The van der Waals surface area contributed by atoms with Crippen LogP contribution in [-0.4, -0.2) is 96.5 Å². The number of nitrogens with two attached hydrogens (primary N) is 2. The minimum Gasteiger partial charge on any atom is -1.00 e. The maximum atomic E-state index is 12.8. The van der Waals surface area contributed by atoms with Crippen LogP contribution in [0.25, 0.3) is 65.4 Å². The molecule has 0 bridgehead atoms. The Bertz CT molecular complexity index is 5840. The normalized spacial score (nSPS) is 10.7. The van der Waals surface area contributed by atoms with Crippen molar-refractivity contribution in [2.24, 2.45) is 11.5 Å². The molecule has 15 rings (SSSR count). The van der Waals surface area contributed by atoms with E-state index in [1.807, 2.05) is 99.6 Å². The summed E-state index contributed by atoms with van der Waals surface area (Å²) in [5, 5.41) is 55.3. The van der Waals surface area contributed by atoms with Crippen LogP contribution in [0.3, 0.4) is 0 Å². The molecule has 0 saturated carbocycles. The van der Waals surface area contributed by atoms with Crippen molar-refractivity contribution in [3.8, 4) is 6.07 Å². The number of fused-ring (bicyclic) bond motifs is 6. The Kier molecular flexibility index (Phi) is 28.4. The Balaban J connectivity index is 0.000000184. The number of aromatic nitrogens is 12. The van der Waals surface area contributed by atoms with E-state index in [1.54, 1.807) is 104 Å². The average molecular weight is 1580 g/mol. The molecule has 0 aliphatic carbocycles. The van der Waals surface area contributed by atoms with Gasteiger partial charge in [-0.3, -0.25) is 74.0 Å². The van der Waals surface area contributed by atoms with Crippen LogP contribution in [0.15, 0.2) is 183 Å². The number of benzene rings is 6. The molecule has 31 heteroatoms. The van der Waals surface area contributed by atoms with Gasteiger partial charge in [0.05, 0.1) is 86.5 Å². The quantitative estimate of drug-likeness (QED) is 0.0224. The summed E-state index contributed by atoms with van der Waals surface area (Å²) in [4.78, 5) is 100. The zero-order valence-corrected chi connectivity index (χ0v) is 68.2. The number of nitriles is 1.